The van der Waals surface area contributed by atoms with Crippen molar-refractivity contribution >= 4 is 11.7 Å². The van der Waals surface area contributed by atoms with Gasteiger partial charge in [0, 0.05) is 24.0 Å². The molecule has 0 aliphatic carbocycles. The molecule has 0 saturated carbocycles. The third-order valence-electron chi connectivity index (χ3n) is 2.59. The number of rotatable bonds is 4. The quantitative estimate of drug-likeness (QED) is 0.676. The van der Waals surface area contributed by atoms with E-state index in [0.29, 0.717) is 0 Å². The number of benzene rings is 1. The van der Waals surface area contributed by atoms with Gasteiger partial charge in [-0.05, 0) is 25.1 Å². The lowest BCUT2D eigenvalue weighted by Gasteiger charge is -2.04. The van der Waals surface area contributed by atoms with Crippen molar-refractivity contribution in [3.63, 3.8) is 0 Å². The van der Waals surface area contributed by atoms with Crippen LogP contribution >= 0.6 is 0 Å². The van der Waals surface area contributed by atoms with Gasteiger partial charge in [-0.2, -0.15) is 5.10 Å². The van der Waals surface area contributed by atoms with Crippen LogP contribution in [-0.4, -0.2) is 15.7 Å². The molecule has 1 aromatic carbocycles. The Kier molecular flexibility index (Phi) is 3.79. The summed E-state index contributed by atoms with van der Waals surface area (Å²) < 4.78 is 20.2. The summed E-state index contributed by atoms with van der Waals surface area (Å²) in [4.78, 5) is 11.7. The molecule has 0 saturated heterocycles. The summed E-state index contributed by atoms with van der Waals surface area (Å²) in [6, 6.07) is 3.85. The van der Waals surface area contributed by atoms with Gasteiger partial charge < -0.3 is 10.5 Å². The second kappa shape index (κ2) is 5.51. The number of nitrogens with zero attached hydrogens (tertiary/aromatic N) is 2. The summed E-state index contributed by atoms with van der Waals surface area (Å²) in [5.74, 6) is -1.41. The van der Waals surface area contributed by atoms with E-state index >= 15 is 0 Å². The van der Waals surface area contributed by atoms with Crippen LogP contribution in [0.2, 0.25) is 0 Å². The Labute approximate surface area is 109 Å². The van der Waals surface area contributed by atoms with Gasteiger partial charge in [0.2, 0.25) is 0 Å². The Balaban J connectivity index is 2.01. The van der Waals surface area contributed by atoms with E-state index < -0.39 is 11.8 Å². The van der Waals surface area contributed by atoms with E-state index in [9.17, 15) is 9.18 Å². The van der Waals surface area contributed by atoms with E-state index in [2.05, 4.69) is 5.10 Å². The number of aryl methyl sites for hydroxylation is 1. The summed E-state index contributed by atoms with van der Waals surface area (Å²) in [5.41, 5.74) is 6.30. The van der Waals surface area contributed by atoms with E-state index in [1.165, 1.54) is 12.1 Å². The first-order valence-electron chi connectivity index (χ1n) is 5.83. The average Bonchev–Trinajstić information content (AvgIpc) is 2.84. The van der Waals surface area contributed by atoms with E-state index in [1.54, 1.807) is 17.1 Å². The fourth-order valence-electron chi connectivity index (χ4n) is 1.58. The maximum absolute atomic E-state index is 13.5. The molecule has 0 atom stereocenters. The van der Waals surface area contributed by atoms with Crippen LogP contribution < -0.4 is 5.73 Å². The molecule has 0 unspecified atom stereocenters. The van der Waals surface area contributed by atoms with Crippen molar-refractivity contribution in [1.82, 2.24) is 9.78 Å². The third-order valence-corrected chi connectivity index (χ3v) is 2.59. The maximum Gasteiger partial charge on any atom is 0.341 e. The number of esters is 1. The van der Waals surface area contributed by atoms with Crippen molar-refractivity contribution in [3.8, 4) is 0 Å². The number of hydrogen-bond donors (Lipinski definition) is 1. The van der Waals surface area contributed by atoms with Crippen LogP contribution in [0.5, 0.6) is 0 Å². The highest BCUT2D eigenvalue weighted by atomic mass is 19.1. The molecule has 1 heterocycles. The predicted molar refractivity (Wildman–Crippen MR) is 67.8 cm³/mol. The number of ether oxygens (including phenoxy) is 1. The first-order valence-corrected chi connectivity index (χ1v) is 5.83. The van der Waals surface area contributed by atoms with E-state index in [4.69, 9.17) is 10.5 Å². The van der Waals surface area contributed by atoms with E-state index in [-0.39, 0.29) is 17.9 Å². The number of aromatic nitrogens is 2. The van der Waals surface area contributed by atoms with Crippen molar-refractivity contribution in [1.29, 1.82) is 0 Å². The molecule has 6 heteroatoms. The summed E-state index contributed by atoms with van der Waals surface area (Å²) in [5, 5.41) is 4.05. The summed E-state index contributed by atoms with van der Waals surface area (Å²) in [7, 11) is 0. The molecule has 19 heavy (non-hydrogen) atoms. The zero-order valence-electron chi connectivity index (χ0n) is 10.5. The molecule has 2 N–H and O–H groups in total. The first kappa shape index (κ1) is 13.1. The van der Waals surface area contributed by atoms with Crippen LogP contribution in [0.1, 0.15) is 22.8 Å². The zero-order chi connectivity index (χ0) is 13.8. The van der Waals surface area contributed by atoms with Crippen LogP contribution in [0.3, 0.4) is 0 Å². The van der Waals surface area contributed by atoms with Gasteiger partial charge in [0.15, 0.2) is 0 Å². The molecule has 2 rings (SSSR count). The van der Waals surface area contributed by atoms with Gasteiger partial charge in [0.1, 0.15) is 12.4 Å². The Morgan fingerprint density at radius 2 is 2.32 bits per heavy atom. The normalized spacial score (nSPS) is 10.4. The van der Waals surface area contributed by atoms with Crippen LogP contribution in [-0.2, 0) is 17.9 Å². The smallest absolute Gasteiger partial charge is 0.341 e. The second-order valence-corrected chi connectivity index (χ2v) is 4.02. The minimum atomic E-state index is -0.721. The monoisotopic (exact) mass is 263 g/mol. The standard InChI is InChI=1S/C13H14FN3O2/c1-2-17-7-9(6-16-17)8-19-13(18)11-4-3-10(15)5-12(11)14/h3-7H,2,8,15H2,1H3. The Morgan fingerprint density at radius 3 is 2.95 bits per heavy atom. The molecule has 0 fully saturated rings. The molecule has 1 aromatic heterocycles. The van der Waals surface area contributed by atoms with Crippen LogP contribution in [0.4, 0.5) is 10.1 Å². The van der Waals surface area contributed by atoms with Crippen LogP contribution in [0, 0.1) is 5.82 Å². The molecule has 0 aliphatic heterocycles. The number of nitrogens with two attached hydrogens (primary N) is 1. The third kappa shape index (κ3) is 3.09. The topological polar surface area (TPSA) is 70.1 Å². The lowest BCUT2D eigenvalue weighted by molar-refractivity contribution is 0.0467. The predicted octanol–water partition coefficient (Wildman–Crippen LogP) is 1.98. The Morgan fingerprint density at radius 1 is 1.53 bits per heavy atom. The molecule has 0 aliphatic rings. The van der Waals surface area contributed by atoms with Gasteiger partial charge in [0.25, 0.3) is 0 Å². The highest BCUT2D eigenvalue weighted by molar-refractivity contribution is 5.90. The molecule has 0 bridgehead atoms. The largest absolute Gasteiger partial charge is 0.457 e. The molecule has 0 spiro atoms. The number of nitrogen functional groups attached to an aromatic ring is 1. The molecule has 2 aromatic rings. The summed E-state index contributed by atoms with van der Waals surface area (Å²) in [6.07, 6.45) is 3.38. The van der Waals surface area contributed by atoms with Crippen LogP contribution in [0.25, 0.3) is 0 Å². The van der Waals surface area contributed by atoms with Gasteiger partial charge in [-0.25, -0.2) is 9.18 Å². The molecule has 0 amide bonds. The molecular formula is C13H14FN3O2. The van der Waals surface area contributed by atoms with Crippen molar-refractivity contribution in [2.75, 3.05) is 5.73 Å². The highest BCUT2D eigenvalue weighted by Crippen LogP contribution is 2.13. The fraction of sp³-hybridized carbons (Fsp3) is 0.231. The number of halogens is 1. The van der Waals surface area contributed by atoms with Crippen molar-refractivity contribution in [2.24, 2.45) is 0 Å². The van der Waals surface area contributed by atoms with Crippen molar-refractivity contribution < 1.29 is 13.9 Å². The molecular weight excluding hydrogens is 249 g/mol. The second-order valence-electron chi connectivity index (χ2n) is 4.02. The Bertz CT molecular complexity index is 595. The highest BCUT2D eigenvalue weighted by Gasteiger charge is 2.13. The van der Waals surface area contributed by atoms with Gasteiger partial charge in [-0.3, -0.25) is 4.68 Å². The SMILES string of the molecule is CCn1cc(COC(=O)c2ccc(N)cc2F)cn1. The van der Waals surface area contributed by atoms with Gasteiger partial charge in [-0.15, -0.1) is 0 Å². The Hall–Kier alpha value is -2.37. The van der Waals surface area contributed by atoms with Crippen molar-refractivity contribution in [2.45, 2.75) is 20.1 Å². The fourth-order valence-corrected chi connectivity index (χ4v) is 1.58. The lowest BCUT2D eigenvalue weighted by atomic mass is 10.2. The number of anilines is 1. The minimum absolute atomic E-state index is 0.0582. The number of carbonyl (C=O) groups is 1. The number of carbonyl (C=O) groups excluding carboxylic acids is 1. The molecule has 5 nitrogen and oxygen atoms in total. The zero-order valence-corrected chi connectivity index (χ0v) is 10.5. The maximum atomic E-state index is 13.5. The van der Waals surface area contributed by atoms with Gasteiger partial charge in [0.05, 0.1) is 11.8 Å². The van der Waals surface area contributed by atoms with Gasteiger partial charge in [-0.1, -0.05) is 0 Å². The first-order chi connectivity index (χ1) is 9.10. The summed E-state index contributed by atoms with van der Waals surface area (Å²) >= 11 is 0. The number of hydrogen-bond acceptors (Lipinski definition) is 4. The lowest BCUT2D eigenvalue weighted by Crippen LogP contribution is -2.07. The molecule has 100 valence electrons. The van der Waals surface area contributed by atoms with Crippen molar-refractivity contribution in [3.05, 3.63) is 47.5 Å². The van der Waals surface area contributed by atoms with E-state index in [0.717, 1.165) is 18.2 Å². The average molecular weight is 263 g/mol. The minimum Gasteiger partial charge on any atom is -0.457 e. The van der Waals surface area contributed by atoms with E-state index in [1.807, 2.05) is 6.92 Å². The van der Waals surface area contributed by atoms with Gasteiger partial charge >= 0.3 is 5.97 Å². The molecule has 0 radical (unpaired) electrons. The van der Waals surface area contributed by atoms with Crippen LogP contribution in [0.15, 0.2) is 30.6 Å². The summed E-state index contributed by atoms with van der Waals surface area (Å²) in [6.45, 7) is 2.75.